The average molecular weight is 315 g/mol. The number of fused-ring (bicyclic) bond motifs is 1. The van der Waals surface area contributed by atoms with Crippen LogP contribution in [0.15, 0.2) is 53.4 Å². The number of nitrogens with one attached hydrogen (secondary N) is 1. The van der Waals surface area contributed by atoms with E-state index in [1.54, 1.807) is 6.07 Å². The largest absolute Gasteiger partial charge is 0.486 e. The van der Waals surface area contributed by atoms with E-state index in [0.717, 1.165) is 16.3 Å². The number of ether oxygens (including phenoxy) is 2. The van der Waals surface area contributed by atoms with Crippen LogP contribution >= 0.6 is 11.8 Å². The van der Waals surface area contributed by atoms with E-state index in [4.69, 9.17) is 9.47 Å². The van der Waals surface area contributed by atoms with Crippen LogP contribution in [-0.2, 0) is 4.79 Å². The highest BCUT2D eigenvalue weighted by Gasteiger charge is 2.16. The van der Waals surface area contributed by atoms with Crippen LogP contribution in [0.1, 0.15) is 6.92 Å². The number of anilines is 1. The molecule has 4 nitrogen and oxygen atoms in total. The second-order valence-electron chi connectivity index (χ2n) is 4.92. The Bertz CT molecular complexity index is 660. The molecule has 2 aromatic carbocycles. The summed E-state index contributed by atoms with van der Waals surface area (Å²) < 4.78 is 11.0. The van der Waals surface area contributed by atoms with E-state index in [0.29, 0.717) is 19.0 Å². The molecule has 2 aromatic rings. The molecule has 0 saturated heterocycles. The molecule has 22 heavy (non-hydrogen) atoms. The Labute approximate surface area is 133 Å². The molecule has 0 aromatic heterocycles. The highest BCUT2D eigenvalue weighted by Crippen LogP contribution is 2.33. The maximum absolute atomic E-state index is 12.3. The summed E-state index contributed by atoms with van der Waals surface area (Å²) in [5.41, 5.74) is 0.717. The van der Waals surface area contributed by atoms with Gasteiger partial charge in [-0.05, 0) is 31.2 Å². The van der Waals surface area contributed by atoms with Crippen molar-refractivity contribution in [3.05, 3.63) is 48.5 Å². The molecule has 0 fully saturated rings. The number of hydrogen-bond acceptors (Lipinski definition) is 4. The Kier molecular flexibility index (Phi) is 4.53. The van der Waals surface area contributed by atoms with Crippen LogP contribution in [0.2, 0.25) is 0 Å². The number of hydrogen-bond donors (Lipinski definition) is 1. The summed E-state index contributed by atoms with van der Waals surface area (Å²) in [5, 5.41) is 2.73. The molecule has 1 N–H and O–H groups in total. The lowest BCUT2D eigenvalue weighted by Crippen LogP contribution is -2.22. The van der Waals surface area contributed by atoms with Crippen molar-refractivity contribution >= 4 is 23.4 Å². The SMILES string of the molecule is CC(Sc1ccccc1)C(=O)Nc1ccc2c(c1)OCCO2. The first-order valence-electron chi connectivity index (χ1n) is 7.14. The third kappa shape index (κ3) is 3.54. The zero-order chi connectivity index (χ0) is 15.4. The van der Waals surface area contributed by atoms with Crippen molar-refractivity contribution in [1.29, 1.82) is 0 Å². The van der Waals surface area contributed by atoms with Crippen LogP contribution in [-0.4, -0.2) is 24.4 Å². The van der Waals surface area contributed by atoms with Gasteiger partial charge in [-0.2, -0.15) is 0 Å². The fraction of sp³-hybridized carbons (Fsp3) is 0.235. The standard InChI is InChI=1S/C17H17NO3S/c1-12(22-14-5-3-2-4-6-14)17(19)18-13-7-8-15-16(11-13)21-10-9-20-15/h2-8,11-12H,9-10H2,1H3,(H,18,19). The molecule has 1 amide bonds. The molecule has 1 aliphatic heterocycles. The van der Waals surface area contributed by atoms with Gasteiger partial charge in [0.2, 0.25) is 5.91 Å². The lowest BCUT2D eigenvalue weighted by molar-refractivity contribution is -0.115. The van der Waals surface area contributed by atoms with E-state index in [-0.39, 0.29) is 11.2 Å². The molecule has 1 unspecified atom stereocenters. The van der Waals surface area contributed by atoms with E-state index < -0.39 is 0 Å². The van der Waals surface area contributed by atoms with Crippen molar-refractivity contribution in [2.45, 2.75) is 17.1 Å². The topological polar surface area (TPSA) is 47.6 Å². The number of benzene rings is 2. The minimum absolute atomic E-state index is 0.0365. The maximum atomic E-state index is 12.3. The predicted octanol–water partition coefficient (Wildman–Crippen LogP) is 3.58. The van der Waals surface area contributed by atoms with Gasteiger partial charge < -0.3 is 14.8 Å². The first kappa shape index (κ1) is 14.8. The Morgan fingerprint density at radius 1 is 1.09 bits per heavy atom. The fourth-order valence-electron chi connectivity index (χ4n) is 2.12. The molecule has 5 heteroatoms. The van der Waals surface area contributed by atoms with Gasteiger partial charge in [-0.3, -0.25) is 4.79 Å². The summed E-state index contributed by atoms with van der Waals surface area (Å²) >= 11 is 1.53. The van der Waals surface area contributed by atoms with Crippen LogP contribution in [0.3, 0.4) is 0 Å². The molecule has 1 aliphatic rings. The summed E-state index contributed by atoms with van der Waals surface area (Å²) in [7, 11) is 0. The van der Waals surface area contributed by atoms with Gasteiger partial charge in [-0.1, -0.05) is 18.2 Å². The number of carbonyl (C=O) groups is 1. The zero-order valence-corrected chi connectivity index (χ0v) is 13.1. The molecule has 1 heterocycles. The fourth-order valence-corrected chi connectivity index (χ4v) is 3.01. The Hall–Kier alpha value is -2.14. The highest BCUT2D eigenvalue weighted by atomic mass is 32.2. The van der Waals surface area contributed by atoms with Crippen LogP contribution < -0.4 is 14.8 Å². The van der Waals surface area contributed by atoms with Gasteiger partial charge in [-0.25, -0.2) is 0 Å². The third-order valence-corrected chi connectivity index (χ3v) is 4.35. The first-order chi connectivity index (χ1) is 10.7. The molecule has 3 rings (SSSR count). The van der Waals surface area contributed by atoms with Crippen LogP contribution in [0, 0.1) is 0 Å². The molecule has 0 bridgehead atoms. The lowest BCUT2D eigenvalue weighted by Gasteiger charge is -2.19. The lowest BCUT2D eigenvalue weighted by atomic mass is 10.2. The Balaban J connectivity index is 1.63. The molecule has 0 spiro atoms. The van der Waals surface area contributed by atoms with Gasteiger partial charge in [0.1, 0.15) is 13.2 Å². The third-order valence-electron chi connectivity index (χ3n) is 3.24. The van der Waals surface area contributed by atoms with E-state index in [1.165, 1.54) is 11.8 Å². The van der Waals surface area contributed by atoms with Gasteiger partial charge in [0, 0.05) is 16.6 Å². The minimum atomic E-state index is -0.185. The van der Waals surface area contributed by atoms with Crippen LogP contribution in [0.25, 0.3) is 0 Å². The van der Waals surface area contributed by atoms with Crippen molar-refractivity contribution in [1.82, 2.24) is 0 Å². The van der Waals surface area contributed by atoms with Crippen molar-refractivity contribution < 1.29 is 14.3 Å². The molecule has 114 valence electrons. The van der Waals surface area contributed by atoms with Gasteiger partial charge in [0.05, 0.1) is 5.25 Å². The zero-order valence-electron chi connectivity index (χ0n) is 12.2. The van der Waals surface area contributed by atoms with E-state index in [2.05, 4.69) is 5.32 Å². The quantitative estimate of drug-likeness (QED) is 0.876. The van der Waals surface area contributed by atoms with Gasteiger partial charge in [0.25, 0.3) is 0 Å². The van der Waals surface area contributed by atoms with Gasteiger partial charge in [-0.15, -0.1) is 11.8 Å². The average Bonchev–Trinajstić information content (AvgIpc) is 2.55. The van der Waals surface area contributed by atoms with Crippen LogP contribution in [0.5, 0.6) is 11.5 Å². The molecular formula is C17H17NO3S. The summed E-state index contributed by atoms with van der Waals surface area (Å²) in [6.07, 6.45) is 0. The summed E-state index contributed by atoms with van der Waals surface area (Å²) in [4.78, 5) is 13.4. The van der Waals surface area contributed by atoms with E-state index in [1.807, 2.05) is 49.4 Å². The number of carbonyl (C=O) groups excluding carboxylic acids is 1. The van der Waals surface area contributed by atoms with Crippen molar-refractivity contribution in [2.75, 3.05) is 18.5 Å². The Morgan fingerprint density at radius 2 is 1.82 bits per heavy atom. The smallest absolute Gasteiger partial charge is 0.237 e. The molecule has 1 atom stereocenters. The van der Waals surface area contributed by atoms with Crippen molar-refractivity contribution in [3.8, 4) is 11.5 Å². The molecule has 0 radical (unpaired) electrons. The number of rotatable bonds is 4. The highest BCUT2D eigenvalue weighted by molar-refractivity contribution is 8.00. The van der Waals surface area contributed by atoms with E-state index in [9.17, 15) is 4.79 Å². The normalized spacial score (nSPS) is 14.2. The second kappa shape index (κ2) is 6.75. The Morgan fingerprint density at radius 3 is 2.59 bits per heavy atom. The number of thioether (sulfide) groups is 1. The molecule has 0 aliphatic carbocycles. The summed E-state index contributed by atoms with van der Waals surface area (Å²) in [5.74, 6) is 1.36. The summed E-state index contributed by atoms with van der Waals surface area (Å²) in [6.45, 7) is 2.99. The summed E-state index contributed by atoms with van der Waals surface area (Å²) in [6, 6.07) is 15.3. The number of amides is 1. The minimum Gasteiger partial charge on any atom is -0.486 e. The molecule has 0 saturated carbocycles. The van der Waals surface area contributed by atoms with Crippen molar-refractivity contribution in [3.63, 3.8) is 0 Å². The molecular weight excluding hydrogens is 298 g/mol. The van der Waals surface area contributed by atoms with Gasteiger partial charge >= 0.3 is 0 Å². The predicted molar refractivity (Wildman–Crippen MR) is 87.8 cm³/mol. The van der Waals surface area contributed by atoms with Gasteiger partial charge in [0.15, 0.2) is 11.5 Å². The maximum Gasteiger partial charge on any atom is 0.237 e. The van der Waals surface area contributed by atoms with Crippen LogP contribution in [0.4, 0.5) is 5.69 Å². The monoisotopic (exact) mass is 315 g/mol. The van der Waals surface area contributed by atoms with Crippen molar-refractivity contribution in [2.24, 2.45) is 0 Å². The second-order valence-corrected chi connectivity index (χ2v) is 6.34. The van der Waals surface area contributed by atoms with E-state index >= 15 is 0 Å². The first-order valence-corrected chi connectivity index (χ1v) is 8.02.